The molecule has 328 valence electrons. The number of unbranched alkanes of at least 4 members (excludes halogenated alkanes) is 5. The van der Waals surface area contributed by atoms with Crippen LogP contribution in [0.1, 0.15) is 92.5 Å². The maximum absolute atomic E-state index is 14.4. The first kappa shape index (κ1) is 45.4. The molecule has 13 heteroatoms. The number of rotatable bonds is 21. The van der Waals surface area contributed by atoms with Crippen molar-refractivity contribution in [3.05, 3.63) is 66.0 Å². The lowest BCUT2D eigenvalue weighted by molar-refractivity contribution is -0.888. The molecule has 0 radical (unpaired) electrons. The number of benzene rings is 5. The summed E-state index contributed by atoms with van der Waals surface area (Å²) in [6.45, 7) is 2.16. The van der Waals surface area contributed by atoms with Gasteiger partial charge in [0, 0.05) is 41.3 Å². The van der Waals surface area contributed by atoms with Gasteiger partial charge in [-0.1, -0.05) is 30.9 Å². The van der Waals surface area contributed by atoms with Gasteiger partial charge < -0.3 is 34.8 Å². The summed E-state index contributed by atoms with van der Waals surface area (Å²) in [5.74, 6) is -0.0724. The van der Waals surface area contributed by atoms with E-state index in [1.165, 1.54) is 12.1 Å². The maximum Gasteiger partial charge on any atom is 0.310 e. The summed E-state index contributed by atoms with van der Waals surface area (Å²) in [5.41, 5.74) is 3.62. The molecule has 5 aromatic rings. The van der Waals surface area contributed by atoms with E-state index in [0.717, 1.165) is 41.3 Å². The van der Waals surface area contributed by atoms with Crippen LogP contribution in [-0.2, 0) is 45.1 Å². The Morgan fingerprint density at radius 1 is 0.689 bits per heavy atom. The third-order valence-electron chi connectivity index (χ3n) is 11.4. The zero-order valence-electron chi connectivity index (χ0n) is 37.1. The zero-order chi connectivity index (χ0) is 44.4. The lowest BCUT2D eigenvalue weighted by Gasteiger charge is -2.25. The molecular weight excluding hydrogens is 779 g/mol. The number of anilines is 1. The third-order valence-corrected chi connectivity index (χ3v) is 11.4. The molecule has 5 aromatic carbocycles. The van der Waals surface area contributed by atoms with Gasteiger partial charge in [-0.2, -0.15) is 0 Å². The summed E-state index contributed by atoms with van der Waals surface area (Å²) in [5, 5.41) is 41.4. The van der Waals surface area contributed by atoms with Gasteiger partial charge in [-0.15, -0.1) is 0 Å². The van der Waals surface area contributed by atoms with E-state index >= 15 is 0 Å². The van der Waals surface area contributed by atoms with Crippen molar-refractivity contribution in [2.75, 3.05) is 74.7 Å². The van der Waals surface area contributed by atoms with Gasteiger partial charge in [-0.05, 0) is 95.8 Å². The predicted molar refractivity (Wildman–Crippen MR) is 241 cm³/mol. The Labute approximate surface area is 357 Å². The van der Waals surface area contributed by atoms with Crippen LogP contribution in [0.15, 0.2) is 27.3 Å². The molecule has 0 amide bonds. The molecule has 6 rings (SSSR count). The molecule has 13 nitrogen and oxygen atoms in total. The minimum Gasteiger partial charge on any atom is -0.507 e. The number of carbonyl (C=O) groups is 2. The topological polar surface area (TPSA) is 169 Å². The van der Waals surface area contributed by atoms with Gasteiger partial charge in [0.05, 0.1) is 79.1 Å². The molecule has 0 unspecified atom stereocenters. The molecule has 0 bridgehead atoms. The summed E-state index contributed by atoms with van der Waals surface area (Å²) in [6, 6.07) is 2.77. The molecule has 0 spiro atoms. The van der Waals surface area contributed by atoms with Crippen molar-refractivity contribution in [2.24, 2.45) is 0 Å². The third kappa shape index (κ3) is 9.55. The number of hydrogen-bond acceptors (Lipinski definition) is 11. The fourth-order valence-electron chi connectivity index (χ4n) is 8.79. The number of ether oxygens (including phenoxy) is 3. The number of hydrogen-bond donors (Lipinski definition) is 4. The minimum atomic E-state index is -0.479. The number of allylic oxidation sites excluding steroid dienone is 1. The molecule has 0 aromatic heterocycles. The Kier molecular flexibility index (Phi) is 13.8. The van der Waals surface area contributed by atoms with Gasteiger partial charge >= 0.3 is 11.9 Å². The van der Waals surface area contributed by atoms with Crippen LogP contribution in [0.2, 0.25) is 0 Å². The number of aromatic hydroxyl groups is 1. The quantitative estimate of drug-likeness (QED) is 0.0160. The van der Waals surface area contributed by atoms with Gasteiger partial charge in [-0.3, -0.25) is 28.1 Å². The molecule has 0 atom stereocenters. The number of phenols is 1. The highest BCUT2D eigenvalue weighted by Gasteiger charge is 2.32. The monoisotopic (exact) mass is 841 g/mol. The number of nitrogens with one attached hydrogen (secondary N) is 1. The number of nitrogens with zero attached hydrogens (tertiary/aromatic N) is 2. The van der Waals surface area contributed by atoms with Crippen molar-refractivity contribution in [3.63, 3.8) is 0 Å². The Bertz CT molecular complexity index is 2600. The second-order valence-electron chi connectivity index (χ2n) is 18.7. The lowest BCUT2D eigenvalue weighted by atomic mass is 9.80. The minimum absolute atomic E-state index is 0.113. The van der Waals surface area contributed by atoms with E-state index in [9.17, 15) is 34.5 Å². The summed E-state index contributed by atoms with van der Waals surface area (Å²) < 4.78 is 18.1. The first-order valence-corrected chi connectivity index (χ1v) is 21.4. The van der Waals surface area contributed by atoms with E-state index in [4.69, 9.17) is 14.2 Å². The molecule has 1 aliphatic rings. The highest BCUT2D eigenvalue weighted by Crippen LogP contribution is 2.53. The number of quaternary nitrogens is 2. The Morgan fingerprint density at radius 2 is 1.21 bits per heavy atom. The fraction of sp³-hybridized carbons (Fsp3) is 0.500. The van der Waals surface area contributed by atoms with Crippen LogP contribution < -0.4 is 20.9 Å². The van der Waals surface area contributed by atoms with Gasteiger partial charge in [0.25, 0.3) is 0 Å². The second kappa shape index (κ2) is 18.5. The van der Waals surface area contributed by atoms with Gasteiger partial charge in [0.2, 0.25) is 13.5 Å². The molecule has 4 N–H and O–H groups in total. The molecule has 1 aliphatic carbocycles. The van der Waals surface area contributed by atoms with Crippen molar-refractivity contribution < 1.29 is 48.1 Å². The van der Waals surface area contributed by atoms with Gasteiger partial charge in [0.15, 0.2) is 10.9 Å². The first-order chi connectivity index (χ1) is 28.9. The van der Waals surface area contributed by atoms with Crippen molar-refractivity contribution in [1.29, 1.82) is 0 Å². The molecule has 0 heterocycles. The number of esters is 2. The highest BCUT2D eigenvalue weighted by molar-refractivity contribution is 6.38. The largest absolute Gasteiger partial charge is 0.507 e. The first-order valence-electron chi connectivity index (χ1n) is 21.4. The van der Waals surface area contributed by atoms with Crippen molar-refractivity contribution >= 4 is 66.8 Å². The van der Waals surface area contributed by atoms with Gasteiger partial charge in [-0.25, -0.2) is 0 Å². The summed E-state index contributed by atoms with van der Waals surface area (Å²) >= 11 is 0. The summed E-state index contributed by atoms with van der Waals surface area (Å²) in [6.07, 6.45) is 8.60. The molecule has 61 heavy (non-hydrogen) atoms. The van der Waals surface area contributed by atoms with E-state index in [1.807, 2.05) is 49.2 Å². The lowest BCUT2D eigenvalue weighted by Crippen LogP contribution is -2.37. The van der Waals surface area contributed by atoms with E-state index < -0.39 is 18.6 Å². The van der Waals surface area contributed by atoms with E-state index in [-0.39, 0.29) is 28.5 Å². The van der Waals surface area contributed by atoms with E-state index in [2.05, 4.69) is 11.4 Å². The Balaban J connectivity index is 1.45. The number of aliphatic hydroxyl groups is 2. The predicted octanol–water partition coefficient (Wildman–Crippen LogP) is 6.43. The average molecular weight is 842 g/mol. The smallest absolute Gasteiger partial charge is 0.310 e. The van der Waals surface area contributed by atoms with E-state index in [0.29, 0.717) is 141 Å². The fourth-order valence-corrected chi connectivity index (χ4v) is 8.79. The van der Waals surface area contributed by atoms with Gasteiger partial charge in [0.1, 0.15) is 11.5 Å². The van der Waals surface area contributed by atoms with E-state index in [1.54, 1.807) is 7.11 Å². The highest BCUT2D eigenvalue weighted by atomic mass is 16.6. The number of aliphatic hydroxyl groups excluding tert-OH is 2. The molecule has 0 saturated carbocycles. The number of carbonyl (C=O) groups excluding carboxylic acids is 2. The number of methoxy groups -OCH3 is 1. The second-order valence-corrected chi connectivity index (χ2v) is 18.7. The summed E-state index contributed by atoms with van der Waals surface area (Å²) in [7, 11) is 13.3. The van der Waals surface area contributed by atoms with Crippen LogP contribution in [0.25, 0.3) is 49.2 Å². The van der Waals surface area contributed by atoms with Crippen LogP contribution in [0.4, 0.5) is 5.69 Å². The van der Waals surface area contributed by atoms with Crippen LogP contribution in [0, 0.1) is 0 Å². The molecule has 0 saturated heterocycles. The number of fused-ring (bicyclic) bond motifs is 1. The molecule has 0 aliphatic heterocycles. The van der Waals surface area contributed by atoms with Crippen molar-refractivity contribution in [1.82, 2.24) is 0 Å². The number of phenolic OH excluding ortho intramolecular Hbond substituents is 1. The maximum atomic E-state index is 14.4. The van der Waals surface area contributed by atoms with Crippen LogP contribution >= 0.6 is 0 Å². The normalized spacial score (nSPS) is 13.1. The standard InChI is InChI=1S/C48H61N3O10/c1-28-20-32-31(16-12-9-10-13-17-36(56)60-26-50(2,3)4)47(58)43-35(55)23-30(25-53)39-38-29(24-52)22-34(54)42-44(38)41(40(32)45(39)43)33(21-28)48(59-8)46(42)49-19-15-11-14-18-37(57)61-27-51(5,6)7/h20,22-23,52-53H,9-19,21,24-27H2,1-8H3/p+2. The van der Waals surface area contributed by atoms with Crippen LogP contribution in [0.3, 0.4) is 0 Å². The summed E-state index contributed by atoms with van der Waals surface area (Å²) in [4.78, 5) is 53.1. The zero-order valence-corrected chi connectivity index (χ0v) is 37.1. The van der Waals surface area contributed by atoms with Crippen molar-refractivity contribution in [2.45, 2.75) is 90.8 Å². The van der Waals surface area contributed by atoms with Crippen molar-refractivity contribution in [3.8, 4) is 11.5 Å². The van der Waals surface area contributed by atoms with Crippen LogP contribution in [-0.4, -0.2) is 106 Å². The Morgan fingerprint density at radius 3 is 1.75 bits per heavy atom. The average Bonchev–Trinajstić information content (AvgIpc) is 3.35. The Hall–Kier alpha value is -5.08. The molecule has 0 fully saturated rings. The molecular formula is C48H63N3O10+2. The SMILES string of the molecule is COc1c(NCCCCCC(=O)OC[N+](C)(C)C)c2c(=O)cc(CO)c3c4c(CO)cc(=O)c5c(O)c(CCCCCCC(=O)OC[N+](C)(C)C)c6c(c(c1CC(C)=C6)c23)c54. The van der Waals surface area contributed by atoms with Crippen LogP contribution in [0.5, 0.6) is 11.5 Å².